The molecule has 1 aliphatic carbocycles. The Morgan fingerprint density at radius 3 is 2.83 bits per heavy atom. The van der Waals surface area contributed by atoms with Gasteiger partial charge in [-0.2, -0.15) is 0 Å². The summed E-state index contributed by atoms with van der Waals surface area (Å²) in [6, 6.07) is 9.40. The van der Waals surface area contributed by atoms with Crippen LogP contribution in [-0.4, -0.2) is 18.9 Å². The third-order valence-corrected chi connectivity index (χ3v) is 5.78. The fraction of sp³-hybridized carbons (Fsp3) is 0.222. The molecule has 0 amide bonds. The number of anilines is 1. The van der Waals surface area contributed by atoms with Crippen LogP contribution in [-0.2, 0) is 9.53 Å². The maximum absolute atomic E-state index is 12.1. The van der Waals surface area contributed by atoms with E-state index >= 15 is 0 Å². The monoisotopic (exact) mass is 405 g/mol. The molecule has 6 heteroatoms. The van der Waals surface area contributed by atoms with Crippen LogP contribution in [0.3, 0.4) is 0 Å². The van der Waals surface area contributed by atoms with Gasteiger partial charge in [-0.15, -0.1) is 11.3 Å². The summed E-state index contributed by atoms with van der Waals surface area (Å²) in [4.78, 5) is 25.1. The number of esters is 1. The van der Waals surface area contributed by atoms with Crippen LogP contribution in [0.2, 0.25) is 0 Å². The second-order valence-electron chi connectivity index (χ2n) is 5.54. The average molecular weight is 406 g/mol. The third-order valence-electron chi connectivity index (χ3n) is 3.89. The fourth-order valence-corrected chi connectivity index (χ4v) is 4.13. The molecule has 1 heterocycles. The molecule has 3 rings (SSSR count). The summed E-state index contributed by atoms with van der Waals surface area (Å²) < 4.78 is 5.41. The number of benzene rings is 1. The number of ketones is 1. The van der Waals surface area contributed by atoms with Gasteiger partial charge in [0.2, 0.25) is 0 Å². The molecule has 0 spiro atoms. The van der Waals surface area contributed by atoms with Crippen LogP contribution < -0.4 is 5.32 Å². The number of carbonyl (C=O) groups excluding carboxylic acids is 2. The second kappa shape index (κ2) is 7.32. The minimum atomic E-state index is -0.407. The average Bonchev–Trinajstić information content (AvgIpc) is 3.10. The molecular formula is C18H16BrNO3S. The standard InChI is InChI=1S/C18H16BrNO3S/c1-23-18(22)14-4-2-5-15(17(14)19)20-12-8-11(9-13(21)10-12)16-6-3-7-24-16/h2-7,10-11,20H,8-9H2,1H3. The molecule has 1 unspecified atom stereocenters. The van der Waals surface area contributed by atoms with Crippen molar-refractivity contribution in [3.05, 3.63) is 62.4 Å². The van der Waals surface area contributed by atoms with Gasteiger partial charge in [-0.1, -0.05) is 12.1 Å². The Morgan fingerprint density at radius 1 is 1.29 bits per heavy atom. The van der Waals surface area contributed by atoms with Crippen molar-refractivity contribution in [1.29, 1.82) is 0 Å². The normalized spacial score (nSPS) is 17.3. The molecule has 24 heavy (non-hydrogen) atoms. The van der Waals surface area contributed by atoms with Gasteiger partial charge < -0.3 is 10.1 Å². The minimum absolute atomic E-state index is 0.113. The molecule has 0 fully saturated rings. The van der Waals surface area contributed by atoms with Gasteiger partial charge in [-0.25, -0.2) is 4.79 Å². The largest absolute Gasteiger partial charge is 0.465 e. The molecule has 124 valence electrons. The number of ether oxygens (including phenoxy) is 1. The maximum Gasteiger partial charge on any atom is 0.339 e. The van der Waals surface area contributed by atoms with Crippen LogP contribution in [0.5, 0.6) is 0 Å². The third kappa shape index (κ3) is 3.60. The van der Waals surface area contributed by atoms with E-state index in [0.29, 0.717) is 16.5 Å². The maximum atomic E-state index is 12.1. The van der Waals surface area contributed by atoms with Gasteiger partial charge in [0, 0.05) is 29.0 Å². The van der Waals surface area contributed by atoms with Crippen LogP contribution in [0.25, 0.3) is 0 Å². The fourth-order valence-electron chi connectivity index (χ4n) is 2.77. The Kier molecular flexibility index (Phi) is 5.16. The van der Waals surface area contributed by atoms with Crippen molar-refractivity contribution < 1.29 is 14.3 Å². The lowest BCUT2D eigenvalue weighted by Crippen LogP contribution is -2.16. The Hall–Kier alpha value is -1.92. The zero-order chi connectivity index (χ0) is 17.1. The first-order valence-corrected chi connectivity index (χ1v) is 9.16. The van der Waals surface area contributed by atoms with Gasteiger partial charge in [0.25, 0.3) is 0 Å². The molecular weight excluding hydrogens is 390 g/mol. The van der Waals surface area contributed by atoms with Gasteiger partial charge >= 0.3 is 5.97 Å². The van der Waals surface area contributed by atoms with E-state index in [1.54, 1.807) is 29.5 Å². The van der Waals surface area contributed by atoms with Crippen LogP contribution in [0.4, 0.5) is 5.69 Å². The van der Waals surface area contributed by atoms with Crippen molar-refractivity contribution in [3.8, 4) is 0 Å². The van der Waals surface area contributed by atoms with Gasteiger partial charge in [0.05, 0.1) is 22.8 Å². The summed E-state index contributed by atoms with van der Waals surface area (Å²) in [5.74, 6) is -0.0920. The quantitative estimate of drug-likeness (QED) is 0.746. The predicted molar refractivity (Wildman–Crippen MR) is 98.5 cm³/mol. The van der Waals surface area contributed by atoms with Crippen LogP contribution >= 0.6 is 27.3 Å². The van der Waals surface area contributed by atoms with Crippen molar-refractivity contribution in [2.75, 3.05) is 12.4 Å². The van der Waals surface area contributed by atoms with E-state index in [4.69, 9.17) is 4.74 Å². The van der Waals surface area contributed by atoms with Gasteiger partial charge in [0.1, 0.15) is 0 Å². The number of halogens is 1. The molecule has 0 saturated carbocycles. The van der Waals surface area contributed by atoms with Crippen LogP contribution in [0, 0.1) is 0 Å². The first-order chi connectivity index (χ1) is 11.6. The van der Waals surface area contributed by atoms with Gasteiger partial charge in [-0.3, -0.25) is 4.79 Å². The Balaban J connectivity index is 1.83. The summed E-state index contributed by atoms with van der Waals surface area (Å²) in [5, 5.41) is 5.31. The number of methoxy groups -OCH3 is 1. The zero-order valence-electron chi connectivity index (χ0n) is 13.0. The molecule has 0 saturated heterocycles. The second-order valence-corrected chi connectivity index (χ2v) is 7.31. The highest BCUT2D eigenvalue weighted by atomic mass is 79.9. The van der Waals surface area contributed by atoms with Crippen molar-refractivity contribution in [3.63, 3.8) is 0 Å². The van der Waals surface area contributed by atoms with Gasteiger partial charge in [-0.05, 0) is 45.9 Å². The number of hydrogen-bond acceptors (Lipinski definition) is 5. The molecule has 1 N–H and O–H groups in total. The highest BCUT2D eigenvalue weighted by Gasteiger charge is 2.24. The van der Waals surface area contributed by atoms with E-state index in [1.807, 2.05) is 17.5 Å². The minimum Gasteiger partial charge on any atom is -0.465 e. The summed E-state index contributed by atoms with van der Waals surface area (Å²) in [6.07, 6.45) is 2.96. The molecule has 1 aromatic carbocycles. The molecule has 4 nitrogen and oxygen atoms in total. The van der Waals surface area contributed by atoms with E-state index < -0.39 is 5.97 Å². The number of thiophene rings is 1. The molecule has 1 atom stereocenters. The Morgan fingerprint density at radius 2 is 2.12 bits per heavy atom. The number of hydrogen-bond donors (Lipinski definition) is 1. The van der Waals surface area contributed by atoms with Crippen molar-refractivity contribution in [2.24, 2.45) is 0 Å². The smallest absolute Gasteiger partial charge is 0.339 e. The summed E-state index contributed by atoms with van der Waals surface area (Å²) in [7, 11) is 1.35. The zero-order valence-corrected chi connectivity index (χ0v) is 15.4. The van der Waals surface area contributed by atoms with E-state index in [-0.39, 0.29) is 11.7 Å². The number of allylic oxidation sites excluding steroid dienone is 2. The first-order valence-electron chi connectivity index (χ1n) is 7.49. The molecule has 0 radical (unpaired) electrons. The number of nitrogens with one attached hydrogen (secondary N) is 1. The highest BCUT2D eigenvalue weighted by Crippen LogP contribution is 2.36. The lowest BCUT2D eigenvalue weighted by Gasteiger charge is -2.23. The highest BCUT2D eigenvalue weighted by molar-refractivity contribution is 9.10. The first kappa shape index (κ1) is 16.9. The molecule has 0 bridgehead atoms. The molecule has 1 aromatic heterocycles. The van der Waals surface area contributed by atoms with Crippen LogP contribution in [0.15, 0.2) is 52.0 Å². The number of carbonyl (C=O) groups is 2. The molecule has 2 aromatic rings. The topological polar surface area (TPSA) is 55.4 Å². The number of rotatable bonds is 4. The predicted octanol–water partition coefficient (Wildman–Crippen LogP) is 4.74. The summed E-state index contributed by atoms with van der Waals surface area (Å²) >= 11 is 5.12. The lowest BCUT2D eigenvalue weighted by molar-refractivity contribution is -0.115. The van der Waals surface area contributed by atoms with Gasteiger partial charge in [0.15, 0.2) is 5.78 Å². The SMILES string of the molecule is COC(=O)c1cccc(NC2=CC(=O)CC(c3cccs3)C2)c1Br. The van der Waals surface area contributed by atoms with Crippen molar-refractivity contribution in [1.82, 2.24) is 0 Å². The van der Waals surface area contributed by atoms with E-state index in [1.165, 1.54) is 12.0 Å². The van der Waals surface area contributed by atoms with Crippen molar-refractivity contribution >= 4 is 44.7 Å². The van der Waals surface area contributed by atoms with E-state index in [9.17, 15) is 9.59 Å². The van der Waals surface area contributed by atoms with Crippen LogP contribution in [0.1, 0.15) is 34.0 Å². The Labute approximate surface area is 152 Å². The molecule has 1 aliphatic rings. The summed E-state index contributed by atoms with van der Waals surface area (Å²) in [5.41, 5.74) is 2.04. The van der Waals surface area contributed by atoms with E-state index in [2.05, 4.69) is 27.3 Å². The van der Waals surface area contributed by atoms with E-state index in [0.717, 1.165) is 17.8 Å². The summed E-state index contributed by atoms with van der Waals surface area (Å²) in [6.45, 7) is 0. The van der Waals surface area contributed by atoms with Crippen molar-refractivity contribution in [2.45, 2.75) is 18.8 Å². The lowest BCUT2D eigenvalue weighted by atomic mass is 9.90. The Bertz CT molecular complexity index is 799. The molecule has 0 aliphatic heterocycles.